The van der Waals surface area contributed by atoms with E-state index in [4.69, 9.17) is 0 Å². The van der Waals surface area contributed by atoms with Gasteiger partial charge in [0, 0.05) is 5.56 Å². The molecule has 0 amide bonds. The van der Waals surface area contributed by atoms with E-state index in [2.05, 4.69) is 0 Å². The van der Waals surface area contributed by atoms with E-state index in [1.54, 1.807) is 6.08 Å². The monoisotopic (exact) mass is 296 g/mol. The summed E-state index contributed by atoms with van der Waals surface area (Å²) in [7, 11) is 0. The molecule has 0 aliphatic heterocycles. The fourth-order valence-corrected chi connectivity index (χ4v) is 1.88. The molecule has 0 bridgehead atoms. The van der Waals surface area contributed by atoms with Crippen LogP contribution in [0.3, 0.4) is 0 Å². The van der Waals surface area contributed by atoms with Crippen LogP contribution in [0.5, 0.6) is 0 Å². The maximum Gasteiger partial charge on any atom is 0.186 e. The van der Waals surface area contributed by atoms with Crippen LogP contribution in [0.1, 0.15) is 54.7 Å². The van der Waals surface area contributed by atoms with Gasteiger partial charge in [0.05, 0.1) is 0 Å². The predicted octanol–water partition coefficient (Wildman–Crippen LogP) is 6.25. The highest BCUT2D eigenvalue weighted by Crippen LogP contribution is 2.12. The van der Waals surface area contributed by atoms with E-state index in [0.29, 0.717) is 0 Å². The molecule has 0 aromatic heterocycles. The van der Waals surface area contributed by atoms with Crippen molar-refractivity contribution in [2.24, 2.45) is 0 Å². The molecule has 2 aromatic carbocycles. The minimum absolute atomic E-state index is 0.0522. The van der Waals surface area contributed by atoms with Crippen LogP contribution in [-0.4, -0.2) is 5.78 Å². The summed E-state index contributed by atoms with van der Waals surface area (Å²) in [6.07, 6.45) is 3.52. The summed E-state index contributed by atoms with van der Waals surface area (Å²) < 4.78 is 0. The number of hydrogen-bond donors (Lipinski definition) is 0. The molecule has 1 nitrogen and oxygen atoms in total. The highest BCUT2D eigenvalue weighted by Gasteiger charge is 2.04. The third kappa shape index (κ3) is 6.09. The van der Waals surface area contributed by atoms with Crippen molar-refractivity contribution in [2.75, 3.05) is 0 Å². The smallest absolute Gasteiger partial charge is 0.186 e. The lowest BCUT2D eigenvalue weighted by Gasteiger charge is -2.01. The molecule has 0 spiro atoms. The maximum absolute atomic E-state index is 12.1. The lowest BCUT2D eigenvalue weighted by atomic mass is 10.0. The maximum atomic E-state index is 12.1. The number of rotatable bonds is 3. The van der Waals surface area contributed by atoms with Crippen molar-refractivity contribution in [1.82, 2.24) is 0 Å². The van der Waals surface area contributed by atoms with Gasteiger partial charge in [0.15, 0.2) is 5.78 Å². The van der Waals surface area contributed by atoms with Crippen LogP contribution in [0.2, 0.25) is 0 Å². The largest absolute Gasteiger partial charge is 0.289 e. The van der Waals surface area contributed by atoms with E-state index in [-0.39, 0.29) is 5.78 Å². The van der Waals surface area contributed by atoms with Crippen LogP contribution in [0, 0.1) is 13.8 Å². The van der Waals surface area contributed by atoms with Crippen LogP contribution in [0.25, 0.3) is 6.08 Å². The van der Waals surface area contributed by atoms with Crippen LogP contribution < -0.4 is 0 Å². The lowest BCUT2D eigenvalue weighted by molar-refractivity contribution is 0.104. The van der Waals surface area contributed by atoms with Gasteiger partial charge < -0.3 is 0 Å². The second-order valence-corrected chi connectivity index (χ2v) is 4.37. The Bertz CT molecular complexity index is 594. The average molecular weight is 296 g/mol. The molecule has 0 saturated carbocycles. The summed E-state index contributed by atoms with van der Waals surface area (Å²) in [4.78, 5) is 12.1. The first-order valence-electron chi connectivity index (χ1n) is 8.02. The molecule has 0 saturated heterocycles. The Labute approximate surface area is 135 Å². The average Bonchev–Trinajstić information content (AvgIpc) is 2.58. The van der Waals surface area contributed by atoms with Crippen molar-refractivity contribution in [3.63, 3.8) is 0 Å². The molecular formula is C21H28O. The van der Waals surface area contributed by atoms with Crippen molar-refractivity contribution in [3.8, 4) is 0 Å². The van der Waals surface area contributed by atoms with Crippen LogP contribution in [0.4, 0.5) is 0 Å². The van der Waals surface area contributed by atoms with Gasteiger partial charge in [-0.15, -0.1) is 0 Å². The normalized spacial score (nSPS) is 9.36. The molecule has 0 atom stereocenters. The molecule has 0 aliphatic carbocycles. The fourth-order valence-electron chi connectivity index (χ4n) is 1.88. The second-order valence-electron chi connectivity index (χ2n) is 4.37. The zero-order valence-corrected chi connectivity index (χ0v) is 14.7. The third-order valence-corrected chi connectivity index (χ3v) is 3.01. The Morgan fingerprint density at radius 1 is 0.773 bits per heavy atom. The predicted molar refractivity (Wildman–Crippen MR) is 98.4 cm³/mol. The Balaban J connectivity index is 0.00000102. The van der Waals surface area contributed by atoms with E-state index >= 15 is 0 Å². The molecule has 118 valence electrons. The van der Waals surface area contributed by atoms with Crippen molar-refractivity contribution in [1.29, 1.82) is 0 Å². The zero-order chi connectivity index (χ0) is 17.0. The SMILES string of the molecule is CC.CC.Cc1ccccc1/C=C/C(=O)c1ccccc1C. The molecule has 22 heavy (non-hydrogen) atoms. The summed E-state index contributed by atoms with van der Waals surface area (Å²) in [6, 6.07) is 15.7. The highest BCUT2D eigenvalue weighted by molar-refractivity contribution is 6.07. The van der Waals surface area contributed by atoms with Gasteiger partial charge in [-0.3, -0.25) is 4.79 Å². The van der Waals surface area contributed by atoms with Gasteiger partial charge in [-0.2, -0.15) is 0 Å². The minimum atomic E-state index is 0.0522. The van der Waals surface area contributed by atoms with Crippen LogP contribution >= 0.6 is 0 Å². The van der Waals surface area contributed by atoms with Gasteiger partial charge in [-0.05, 0) is 36.6 Å². The van der Waals surface area contributed by atoms with Gasteiger partial charge in [-0.25, -0.2) is 0 Å². The Morgan fingerprint density at radius 2 is 1.27 bits per heavy atom. The number of aryl methyl sites for hydroxylation is 2. The first-order valence-corrected chi connectivity index (χ1v) is 8.02. The minimum Gasteiger partial charge on any atom is -0.289 e. The van der Waals surface area contributed by atoms with E-state index < -0.39 is 0 Å². The van der Waals surface area contributed by atoms with Gasteiger partial charge >= 0.3 is 0 Å². The van der Waals surface area contributed by atoms with Crippen molar-refractivity contribution < 1.29 is 4.79 Å². The molecule has 0 aliphatic rings. The summed E-state index contributed by atoms with van der Waals surface area (Å²) in [5.74, 6) is 0.0522. The molecule has 2 aromatic rings. The Morgan fingerprint density at radius 3 is 1.82 bits per heavy atom. The number of carbonyl (C=O) groups is 1. The van der Waals surface area contributed by atoms with Crippen molar-refractivity contribution in [2.45, 2.75) is 41.5 Å². The third-order valence-electron chi connectivity index (χ3n) is 3.01. The fraction of sp³-hybridized carbons (Fsp3) is 0.286. The summed E-state index contributed by atoms with van der Waals surface area (Å²) >= 11 is 0. The standard InChI is InChI=1S/C17H16O.2C2H6/c1-13-7-3-5-9-15(13)11-12-17(18)16-10-6-4-8-14(16)2;2*1-2/h3-12H,1-2H3;2*1-2H3/b12-11+;;. The number of carbonyl (C=O) groups excluding carboxylic acids is 1. The summed E-state index contributed by atoms with van der Waals surface area (Å²) in [5.41, 5.74) is 4.03. The number of ketones is 1. The number of hydrogen-bond acceptors (Lipinski definition) is 1. The van der Waals surface area contributed by atoms with Crippen molar-refractivity contribution in [3.05, 3.63) is 76.9 Å². The quantitative estimate of drug-likeness (QED) is 0.483. The summed E-state index contributed by atoms with van der Waals surface area (Å²) in [5, 5.41) is 0. The molecule has 1 heteroatoms. The van der Waals surface area contributed by atoms with Gasteiger partial charge in [0.25, 0.3) is 0 Å². The highest BCUT2D eigenvalue weighted by atomic mass is 16.1. The van der Waals surface area contributed by atoms with Gasteiger partial charge in [0.2, 0.25) is 0 Å². The van der Waals surface area contributed by atoms with Crippen molar-refractivity contribution >= 4 is 11.9 Å². The number of allylic oxidation sites excluding steroid dienone is 1. The molecule has 0 unspecified atom stereocenters. The topological polar surface area (TPSA) is 17.1 Å². The summed E-state index contributed by atoms with van der Waals surface area (Å²) in [6.45, 7) is 12.0. The zero-order valence-electron chi connectivity index (χ0n) is 14.7. The van der Waals surface area contributed by atoms with E-state index in [9.17, 15) is 4.79 Å². The second kappa shape index (κ2) is 11.5. The first kappa shape index (κ1) is 19.9. The van der Waals surface area contributed by atoms with Crippen LogP contribution in [-0.2, 0) is 0 Å². The lowest BCUT2D eigenvalue weighted by Crippen LogP contribution is -1.97. The Hall–Kier alpha value is -2.15. The van der Waals surface area contributed by atoms with Crippen LogP contribution in [0.15, 0.2) is 54.6 Å². The van der Waals surface area contributed by atoms with Gasteiger partial charge in [-0.1, -0.05) is 82.3 Å². The molecule has 2 rings (SSSR count). The van der Waals surface area contributed by atoms with Gasteiger partial charge in [0.1, 0.15) is 0 Å². The molecule has 0 heterocycles. The Kier molecular flexibility index (Phi) is 10.4. The van der Waals surface area contributed by atoms with E-state index in [1.807, 2.05) is 96.1 Å². The number of benzene rings is 2. The van der Waals surface area contributed by atoms with E-state index in [0.717, 1.165) is 16.7 Å². The molecule has 0 N–H and O–H groups in total. The molecular weight excluding hydrogens is 268 g/mol. The first-order chi connectivity index (χ1) is 10.7. The molecule has 0 radical (unpaired) electrons. The molecule has 0 fully saturated rings. The van der Waals surface area contributed by atoms with E-state index in [1.165, 1.54) is 5.56 Å².